The summed E-state index contributed by atoms with van der Waals surface area (Å²) in [5.74, 6) is 0.966. The Morgan fingerprint density at radius 3 is 1.85 bits per heavy atom. The molecule has 0 aromatic rings. The molecule has 0 heterocycles. The second kappa shape index (κ2) is 12.5. The van der Waals surface area contributed by atoms with E-state index in [2.05, 4.69) is 36.7 Å². The van der Waals surface area contributed by atoms with Crippen LogP contribution in [0, 0.1) is 5.92 Å². The summed E-state index contributed by atoms with van der Waals surface area (Å²) in [4.78, 5) is 0.825. The monoisotopic (exact) mass is 250 g/mol. The van der Waals surface area contributed by atoms with Gasteiger partial charge in [0.05, 0.1) is 0 Å². The third-order valence-electron chi connectivity index (χ3n) is 1.87. The summed E-state index contributed by atoms with van der Waals surface area (Å²) in [6.45, 7) is 10.6. The van der Waals surface area contributed by atoms with Crippen molar-refractivity contribution in [2.24, 2.45) is 5.92 Å². The van der Waals surface area contributed by atoms with Gasteiger partial charge in [0, 0.05) is 4.83 Å². The summed E-state index contributed by atoms with van der Waals surface area (Å²) >= 11 is 3.63. The van der Waals surface area contributed by atoms with Crippen LogP contribution in [0.4, 0.5) is 0 Å². The van der Waals surface area contributed by atoms with Crippen molar-refractivity contribution in [1.29, 1.82) is 0 Å². The molecule has 1 rings (SSSR count). The molecule has 0 aromatic heterocycles. The van der Waals surface area contributed by atoms with Crippen molar-refractivity contribution < 1.29 is 0 Å². The Labute approximate surface area is 93.6 Å². The van der Waals surface area contributed by atoms with Gasteiger partial charge in [-0.3, -0.25) is 0 Å². The summed E-state index contributed by atoms with van der Waals surface area (Å²) < 4.78 is 0. The Morgan fingerprint density at radius 1 is 1.15 bits per heavy atom. The molecule has 82 valence electrons. The summed E-state index contributed by atoms with van der Waals surface area (Å²) in [5, 5.41) is 0. The van der Waals surface area contributed by atoms with Crippen LogP contribution in [0.1, 0.15) is 66.7 Å². The summed E-state index contributed by atoms with van der Waals surface area (Å²) in [7, 11) is 0. The number of alkyl halides is 1. The molecular weight excluding hydrogens is 224 g/mol. The number of hydrogen-bond acceptors (Lipinski definition) is 0. The van der Waals surface area contributed by atoms with Crippen LogP contribution in [0.5, 0.6) is 0 Å². The van der Waals surface area contributed by atoms with Crippen LogP contribution in [0.3, 0.4) is 0 Å². The lowest BCUT2D eigenvalue weighted by Gasteiger charge is -2.21. The van der Waals surface area contributed by atoms with Gasteiger partial charge in [0.15, 0.2) is 0 Å². The molecule has 0 N–H and O–H groups in total. The van der Waals surface area contributed by atoms with Crippen molar-refractivity contribution in [3.05, 3.63) is 0 Å². The molecule has 0 saturated heterocycles. The van der Waals surface area contributed by atoms with E-state index in [1.807, 2.05) is 13.8 Å². The minimum atomic E-state index is 0.825. The van der Waals surface area contributed by atoms with E-state index >= 15 is 0 Å². The summed E-state index contributed by atoms with van der Waals surface area (Å²) in [5.41, 5.74) is 0. The molecule has 0 amide bonds. The Bertz CT molecular complexity index is 73.2. The van der Waals surface area contributed by atoms with Crippen molar-refractivity contribution >= 4 is 15.9 Å². The Morgan fingerprint density at radius 2 is 1.62 bits per heavy atom. The maximum Gasteiger partial charge on any atom is 0.0148 e. The van der Waals surface area contributed by atoms with Gasteiger partial charge in [0.25, 0.3) is 0 Å². The number of rotatable bonds is 0. The van der Waals surface area contributed by atoms with Gasteiger partial charge in [-0.15, -0.1) is 0 Å². The van der Waals surface area contributed by atoms with Crippen LogP contribution >= 0.6 is 15.9 Å². The standard InChI is InChI=1S/C7H13Br.C3H8.C2H6/c1-6-3-2-4-7(8)5-6;1-3-2;1-2/h6-7H,2-5H2,1H3;3H2,1-2H3;1-2H3. The first-order valence-corrected chi connectivity index (χ1v) is 6.76. The van der Waals surface area contributed by atoms with Crippen molar-refractivity contribution in [2.45, 2.75) is 71.5 Å². The molecule has 0 nitrogen and oxygen atoms in total. The highest BCUT2D eigenvalue weighted by Crippen LogP contribution is 2.27. The van der Waals surface area contributed by atoms with Gasteiger partial charge >= 0.3 is 0 Å². The van der Waals surface area contributed by atoms with Gasteiger partial charge in [-0.2, -0.15) is 0 Å². The van der Waals surface area contributed by atoms with Crippen molar-refractivity contribution in [3.8, 4) is 0 Å². The first kappa shape index (κ1) is 15.9. The molecule has 1 aliphatic rings. The van der Waals surface area contributed by atoms with Gasteiger partial charge in [0.1, 0.15) is 0 Å². The molecular formula is C12H27Br. The molecule has 1 heteroatoms. The fourth-order valence-corrected chi connectivity index (χ4v) is 2.32. The van der Waals surface area contributed by atoms with Crippen LogP contribution in [0.2, 0.25) is 0 Å². The summed E-state index contributed by atoms with van der Waals surface area (Å²) in [6.07, 6.45) is 6.91. The smallest absolute Gasteiger partial charge is 0.0148 e. The molecule has 1 fully saturated rings. The maximum atomic E-state index is 3.63. The zero-order valence-electron chi connectivity index (χ0n) is 10.1. The zero-order valence-corrected chi connectivity index (χ0v) is 11.7. The normalized spacial score (nSPS) is 26.3. The van der Waals surface area contributed by atoms with E-state index in [-0.39, 0.29) is 0 Å². The van der Waals surface area contributed by atoms with Gasteiger partial charge in [0.2, 0.25) is 0 Å². The molecule has 0 bridgehead atoms. The van der Waals surface area contributed by atoms with Crippen molar-refractivity contribution in [1.82, 2.24) is 0 Å². The molecule has 0 aliphatic heterocycles. The number of hydrogen-bond donors (Lipinski definition) is 0. The molecule has 0 radical (unpaired) electrons. The quantitative estimate of drug-likeness (QED) is 0.505. The Balaban J connectivity index is 0. The van der Waals surface area contributed by atoms with E-state index in [9.17, 15) is 0 Å². The third-order valence-corrected chi connectivity index (χ3v) is 2.70. The lowest BCUT2D eigenvalue weighted by atomic mass is 9.91. The Kier molecular flexibility index (Phi) is 15.3. The largest absolute Gasteiger partial charge is 0.0891 e. The van der Waals surface area contributed by atoms with Gasteiger partial charge in [-0.05, 0) is 18.8 Å². The fourth-order valence-electron chi connectivity index (χ4n) is 1.36. The highest BCUT2D eigenvalue weighted by molar-refractivity contribution is 9.09. The fraction of sp³-hybridized carbons (Fsp3) is 1.00. The van der Waals surface area contributed by atoms with E-state index in [1.54, 1.807) is 0 Å². The molecule has 1 saturated carbocycles. The lowest BCUT2D eigenvalue weighted by molar-refractivity contribution is 0.398. The second-order valence-corrected chi connectivity index (χ2v) is 4.87. The van der Waals surface area contributed by atoms with E-state index in [0.717, 1.165) is 10.7 Å². The van der Waals surface area contributed by atoms with Gasteiger partial charge < -0.3 is 0 Å². The molecule has 2 atom stereocenters. The zero-order chi connectivity index (χ0) is 10.7. The minimum Gasteiger partial charge on any atom is -0.0891 e. The van der Waals surface area contributed by atoms with Crippen LogP contribution in [-0.4, -0.2) is 4.83 Å². The van der Waals surface area contributed by atoms with Crippen LogP contribution in [0.25, 0.3) is 0 Å². The van der Waals surface area contributed by atoms with E-state index < -0.39 is 0 Å². The first-order valence-electron chi connectivity index (χ1n) is 5.84. The molecule has 0 spiro atoms. The number of halogens is 1. The van der Waals surface area contributed by atoms with Gasteiger partial charge in [-0.1, -0.05) is 69.8 Å². The first-order chi connectivity index (χ1) is 6.20. The predicted octanol–water partition coefficient (Wildman–Crippen LogP) is 5.40. The minimum absolute atomic E-state index is 0.825. The van der Waals surface area contributed by atoms with E-state index in [1.165, 1.54) is 32.1 Å². The highest BCUT2D eigenvalue weighted by Gasteiger charge is 2.14. The molecule has 0 aromatic carbocycles. The van der Waals surface area contributed by atoms with Crippen molar-refractivity contribution in [2.75, 3.05) is 0 Å². The third kappa shape index (κ3) is 12.5. The molecule has 2 unspecified atom stereocenters. The topological polar surface area (TPSA) is 0 Å². The van der Waals surface area contributed by atoms with Gasteiger partial charge in [-0.25, -0.2) is 0 Å². The predicted molar refractivity (Wildman–Crippen MR) is 67.7 cm³/mol. The van der Waals surface area contributed by atoms with E-state index in [4.69, 9.17) is 0 Å². The van der Waals surface area contributed by atoms with Crippen LogP contribution in [0.15, 0.2) is 0 Å². The van der Waals surface area contributed by atoms with E-state index in [0.29, 0.717) is 0 Å². The molecule has 13 heavy (non-hydrogen) atoms. The summed E-state index contributed by atoms with van der Waals surface area (Å²) in [6, 6.07) is 0. The maximum absolute atomic E-state index is 3.63. The second-order valence-electron chi connectivity index (χ2n) is 3.58. The molecule has 1 aliphatic carbocycles. The van der Waals surface area contributed by atoms with Crippen molar-refractivity contribution in [3.63, 3.8) is 0 Å². The SMILES string of the molecule is CC.CC1CCCC(Br)C1.CCC. The highest BCUT2D eigenvalue weighted by atomic mass is 79.9. The average molecular weight is 251 g/mol. The van der Waals surface area contributed by atoms with Crippen LogP contribution < -0.4 is 0 Å². The lowest BCUT2D eigenvalue weighted by Crippen LogP contribution is -2.11. The average Bonchev–Trinajstić information content (AvgIpc) is 2.08. The van der Waals surface area contributed by atoms with Crippen LogP contribution in [-0.2, 0) is 0 Å². The Hall–Kier alpha value is 0.480.